The van der Waals surface area contributed by atoms with Gasteiger partial charge < -0.3 is 11.1 Å². The van der Waals surface area contributed by atoms with Crippen molar-refractivity contribution in [1.29, 1.82) is 5.41 Å². The number of hydrogen-bond donors (Lipinski definition) is 3. The van der Waals surface area contributed by atoms with Crippen molar-refractivity contribution < 1.29 is 4.79 Å². The van der Waals surface area contributed by atoms with Crippen LogP contribution < -0.4 is 11.1 Å². The van der Waals surface area contributed by atoms with E-state index in [0.717, 1.165) is 24.6 Å². The van der Waals surface area contributed by atoms with Crippen molar-refractivity contribution in [2.24, 2.45) is 5.73 Å². The molecule has 18 heavy (non-hydrogen) atoms. The second-order valence-corrected chi connectivity index (χ2v) is 5.16. The van der Waals surface area contributed by atoms with E-state index in [9.17, 15) is 4.79 Å². The van der Waals surface area contributed by atoms with Gasteiger partial charge in [0, 0.05) is 6.04 Å². The Morgan fingerprint density at radius 3 is 2.72 bits per heavy atom. The van der Waals surface area contributed by atoms with Gasteiger partial charge in [-0.05, 0) is 25.3 Å². The van der Waals surface area contributed by atoms with Crippen LogP contribution in [0, 0.1) is 5.41 Å². The summed E-state index contributed by atoms with van der Waals surface area (Å²) in [6, 6.07) is 10.3. The number of rotatable bonds is 6. The highest BCUT2D eigenvalue weighted by Gasteiger charge is 2.08. The van der Waals surface area contributed by atoms with Gasteiger partial charge in [0.1, 0.15) is 0 Å². The van der Waals surface area contributed by atoms with Crippen LogP contribution in [0.3, 0.4) is 0 Å². The Bertz CT molecular complexity index is 394. The minimum atomic E-state index is -0.0734. The summed E-state index contributed by atoms with van der Waals surface area (Å²) >= 11 is 1.04. The Labute approximate surface area is 112 Å². The molecular formula is C13H19N3OS. The zero-order valence-electron chi connectivity index (χ0n) is 10.5. The van der Waals surface area contributed by atoms with E-state index in [1.807, 2.05) is 25.1 Å². The van der Waals surface area contributed by atoms with Crippen LogP contribution in [0.2, 0.25) is 0 Å². The first kappa shape index (κ1) is 14.6. The maximum atomic E-state index is 11.5. The van der Waals surface area contributed by atoms with Crippen LogP contribution in [-0.4, -0.2) is 22.9 Å². The van der Waals surface area contributed by atoms with Crippen molar-refractivity contribution in [1.82, 2.24) is 5.32 Å². The van der Waals surface area contributed by atoms with Gasteiger partial charge in [0.15, 0.2) is 5.17 Å². The summed E-state index contributed by atoms with van der Waals surface area (Å²) in [6.45, 7) is 1.99. The minimum Gasteiger partial charge on any atom is -0.379 e. The summed E-state index contributed by atoms with van der Waals surface area (Å²) in [7, 11) is 0. The molecule has 0 aromatic heterocycles. The van der Waals surface area contributed by atoms with Gasteiger partial charge in [-0.3, -0.25) is 10.2 Å². The van der Waals surface area contributed by atoms with Crippen LogP contribution in [0.25, 0.3) is 0 Å². The van der Waals surface area contributed by atoms with Crippen molar-refractivity contribution >= 4 is 22.8 Å². The van der Waals surface area contributed by atoms with Crippen molar-refractivity contribution in [3.05, 3.63) is 35.9 Å². The molecule has 0 saturated carbocycles. The fraction of sp³-hybridized carbons (Fsp3) is 0.385. The minimum absolute atomic E-state index is 0.0258. The molecule has 0 fully saturated rings. The molecule has 1 aromatic rings. The zero-order chi connectivity index (χ0) is 13.4. The van der Waals surface area contributed by atoms with E-state index in [0.29, 0.717) is 0 Å². The van der Waals surface area contributed by atoms with E-state index in [2.05, 4.69) is 17.4 Å². The highest BCUT2D eigenvalue weighted by atomic mass is 32.2. The van der Waals surface area contributed by atoms with E-state index in [-0.39, 0.29) is 22.9 Å². The third-order valence-electron chi connectivity index (χ3n) is 2.48. The van der Waals surface area contributed by atoms with Crippen LogP contribution in [0.5, 0.6) is 0 Å². The summed E-state index contributed by atoms with van der Waals surface area (Å²) < 4.78 is 0. The predicted molar refractivity (Wildman–Crippen MR) is 76.7 cm³/mol. The van der Waals surface area contributed by atoms with Crippen molar-refractivity contribution in [3.8, 4) is 0 Å². The number of nitrogens with two attached hydrogens (primary N) is 1. The molecule has 98 valence electrons. The number of carbonyl (C=O) groups is 1. The highest BCUT2D eigenvalue weighted by molar-refractivity contribution is 8.14. The number of amides is 1. The monoisotopic (exact) mass is 265 g/mol. The second-order valence-electron chi connectivity index (χ2n) is 4.15. The SMILES string of the molecule is CC(CCc1ccccc1)NC(=O)CSC(=N)N. The molecule has 1 rings (SSSR count). The van der Waals surface area contributed by atoms with Gasteiger partial charge in [-0.25, -0.2) is 0 Å². The van der Waals surface area contributed by atoms with E-state index in [1.54, 1.807) is 0 Å². The van der Waals surface area contributed by atoms with E-state index in [1.165, 1.54) is 5.56 Å². The number of amidine groups is 1. The number of carbonyl (C=O) groups excluding carboxylic acids is 1. The number of nitrogens with one attached hydrogen (secondary N) is 2. The smallest absolute Gasteiger partial charge is 0.230 e. The summed E-state index contributed by atoms with van der Waals surface area (Å²) in [5.41, 5.74) is 6.45. The molecule has 0 aliphatic heterocycles. The summed E-state index contributed by atoms with van der Waals surface area (Å²) in [4.78, 5) is 11.5. The first-order valence-electron chi connectivity index (χ1n) is 5.88. The summed E-state index contributed by atoms with van der Waals surface area (Å²) in [5.74, 6) is 0.140. The highest BCUT2D eigenvalue weighted by Crippen LogP contribution is 2.05. The first-order chi connectivity index (χ1) is 8.58. The lowest BCUT2D eigenvalue weighted by Gasteiger charge is -2.13. The predicted octanol–water partition coefficient (Wildman–Crippen LogP) is 1.75. The van der Waals surface area contributed by atoms with Gasteiger partial charge in [-0.1, -0.05) is 42.1 Å². The molecule has 5 heteroatoms. The Morgan fingerprint density at radius 2 is 2.11 bits per heavy atom. The number of benzene rings is 1. The zero-order valence-corrected chi connectivity index (χ0v) is 11.3. The van der Waals surface area contributed by atoms with Gasteiger partial charge >= 0.3 is 0 Å². The lowest BCUT2D eigenvalue weighted by molar-refractivity contribution is -0.119. The van der Waals surface area contributed by atoms with Gasteiger partial charge in [0.2, 0.25) is 5.91 Å². The molecular weight excluding hydrogens is 246 g/mol. The average Bonchev–Trinajstić information content (AvgIpc) is 2.35. The normalized spacial score (nSPS) is 11.8. The van der Waals surface area contributed by atoms with Gasteiger partial charge in [0.25, 0.3) is 0 Å². The first-order valence-corrected chi connectivity index (χ1v) is 6.86. The number of thioether (sulfide) groups is 1. The molecule has 0 radical (unpaired) electrons. The lowest BCUT2D eigenvalue weighted by Crippen LogP contribution is -2.34. The average molecular weight is 265 g/mol. The molecule has 4 nitrogen and oxygen atoms in total. The fourth-order valence-electron chi connectivity index (χ4n) is 1.56. The van der Waals surface area contributed by atoms with Gasteiger partial charge in [-0.2, -0.15) is 0 Å². The van der Waals surface area contributed by atoms with Gasteiger partial charge in [0.05, 0.1) is 5.75 Å². The molecule has 0 aliphatic rings. The molecule has 0 saturated heterocycles. The quantitative estimate of drug-likeness (QED) is 0.541. The number of aryl methyl sites for hydroxylation is 1. The molecule has 1 aromatic carbocycles. The van der Waals surface area contributed by atoms with Crippen LogP contribution in [0.1, 0.15) is 18.9 Å². The van der Waals surface area contributed by atoms with E-state index < -0.39 is 0 Å². The molecule has 0 bridgehead atoms. The molecule has 0 heterocycles. The molecule has 4 N–H and O–H groups in total. The second kappa shape index (κ2) is 7.76. The third kappa shape index (κ3) is 6.30. The molecule has 1 unspecified atom stereocenters. The maximum absolute atomic E-state index is 11.5. The molecule has 0 spiro atoms. The maximum Gasteiger partial charge on any atom is 0.230 e. The number of hydrogen-bond acceptors (Lipinski definition) is 3. The Kier molecular flexibility index (Phi) is 6.28. The summed E-state index contributed by atoms with van der Waals surface area (Å²) in [5, 5.41) is 9.89. The van der Waals surface area contributed by atoms with Crippen molar-refractivity contribution in [2.45, 2.75) is 25.8 Å². The Morgan fingerprint density at radius 1 is 1.44 bits per heavy atom. The van der Waals surface area contributed by atoms with Gasteiger partial charge in [-0.15, -0.1) is 0 Å². The summed E-state index contributed by atoms with van der Waals surface area (Å²) in [6.07, 6.45) is 1.85. The Hall–Kier alpha value is -1.49. The van der Waals surface area contributed by atoms with Crippen LogP contribution >= 0.6 is 11.8 Å². The molecule has 0 aliphatic carbocycles. The van der Waals surface area contributed by atoms with Crippen LogP contribution in [0.4, 0.5) is 0 Å². The third-order valence-corrected chi connectivity index (χ3v) is 3.19. The van der Waals surface area contributed by atoms with Crippen molar-refractivity contribution in [2.75, 3.05) is 5.75 Å². The molecule has 1 atom stereocenters. The van der Waals surface area contributed by atoms with E-state index >= 15 is 0 Å². The lowest BCUT2D eigenvalue weighted by atomic mass is 10.1. The molecule has 1 amide bonds. The fourth-order valence-corrected chi connectivity index (χ4v) is 1.93. The van der Waals surface area contributed by atoms with Crippen molar-refractivity contribution in [3.63, 3.8) is 0 Å². The van der Waals surface area contributed by atoms with Crippen LogP contribution in [-0.2, 0) is 11.2 Å². The van der Waals surface area contributed by atoms with Crippen LogP contribution in [0.15, 0.2) is 30.3 Å². The largest absolute Gasteiger partial charge is 0.379 e. The Balaban J connectivity index is 2.23. The van der Waals surface area contributed by atoms with E-state index in [4.69, 9.17) is 11.1 Å². The topological polar surface area (TPSA) is 79.0 Å². The standard InChI is InChI=1S/C13H19N3OS/c1-10(16-12(17)9-18-13(14)15)7-8-11-5-3-2-4-6-11/h2-6,10H,7-9H2,1H3,(H3,14,15)(H,16,17).